The van der Waals surface area contributed by atoms with E-state index < -0.39 is 9.84 Å². The maximum Gasteiger partial charge on any atom is 0.223 e. The van der Waals surface area contributed by atoms with Crippen molar-refractivity contribution in [2.45, 2.75) is 38.3 Å². The molecule has 1 aromatic rings. The fourth-order valence-electron chi connectivity index (χ4n) is 4.43. The number of sulfone groups is 1. The summed E-state index contributed by atoms with van der Waals surface area (Å²) in [4.78, 5) is 17.0. The summed E-state index contributed by atoms with van der Waals surface area (Å²) in [6.45, 7) is 3.68. The zero-order chi connectivity index (χ0) is 18.1. The van der Waals surface area contributed by atoms with Crippen molar-refractivity contribution in [1.29, 1.82) is 0 Å². The first-order chi connectivity index (χ1) is 12.5. The fourth-order valence-corrected chi connectivity index (χ4v) is 5.83. The number of hydrogen-bond donors (Lipinski definition) is 0. The minimum absolute atomic E-state index is 0.0857. The predicted molar refractivity (Wildman–Crippen MR) is 101 cm³/mol. The molecule has 1 fully saturated rings. The van der Waals surface area contributed by atoms with Crippen LogP contribution < -0.4 is 0 Å². The van der Waals surface area contributed by atoms with Gasteiger partial charge in [-0.3, -0.25) is 9.69 Å². The number of likely N-dealkylation sites (tertiary alicyclic amines) is 1. The summed E-state index contributed by atoms with van der Waals surface area (Å²) in [7, 11) is -3.08. The third-order valence-electron chi connectivity index (χ3n) is 5.94. The third kappa shape index (κ3) is 3.86. The van der Waals surface area contributed by atoms with Crippen molar-refractivity contribution < 1.29 is 13.2 Å². The van der Waals surface area contributed by atoms with Crippen molar-refractivity contribution in [2.24, 2.45) is 5.92 Å². The molecule has 0 N–H and O–H groups in total. The Kier molecular flexibility index (Phi) is 4.88. The molecule has 1 saturated heterocycles. The summed E-state index contributed by atoms with van der Waals surface area (Å²) in [5.74, 6) is 0.0329. The molecule has 0 unspecified atom stereocenters. The monoisotopic (exact) mass is 374 g/mol. The Balaban J connectivity index is 1.28. The second-order valence-corrected chi connectivity index (χ2v) is 9.65. The normalized spacial score (nSPS) is 26.0. The van der Waals surface area contributed by atoms with Crippen molar-refractivity contribution in [2.75, 3.05) is 25.4 Å². The van der Waals surface area contributed by atoms with Gasteiger partial charge in [0.25, 0.3) is 0 Å². The van der Waals surface area contributed by atoms with Crippen LogP contribution in [0.15, 0.2) is 35.7 Å². The van der Waals surface area contributed by atoms with E-state index >= 15 is 0 Å². The summed E-state index contributed by atoms with van der Waals surface area (Å²) in [5, 5.41) is 1.26. The lowest BCUT2D eigenvalue weighted by molar-refractivity contribution is -0.133. The van der Waals surface area contributed by atoms with Crippen LogP contribution in [0.25, 0.3) is 0 Å². The number of fused-ring (bicyclic) bond motifs is 1. The SMILES string of the molecule is O=C(C[C@@H]1C=CS(=O)(=O)C1)N1CCC(N2CCc3ccccc3C2)CC1. The quantitative estimate of drug-likeness (QED) is 0.812. The van der Waals surface area contributed by atoms with E-state index in [9.17, 15) is 13.2 Å². The van der Waals surface area contributed by atoms with Gasteiger partial charge in [-0.1, -0.05) is 30.3 Å². The zero-order valence-electron chi connectivity index (χ0n) is 15.0. The zero-order valence-corrected chi connectivity index (χ0v) is 15.8. The number of hydrogen-bond acceptors (Lipinski definition) is 4. The fraction of sp³-hybridized carbons (Fsp3) is 0.550. The summed E-state index contributed by atoms with van der Waals surface area (Å²) in [5.41, 5.74) is 2.91. The molecule has 4 rings (SSSR count). The molecular weight excluding hydrogens is 348 g/mol. The third-order valence-corrected chi connectivity index (χ3v) is 7.40. The highest BCUT2D eigenvalue weighted by Gasteiger charge is 2.31. The summed E-state index contributed by atoms with van der Waals surface area (Å²) < 4.78 is 23.0. The highest BCUT2D eigenvalue weighted by atomic mass is 32.2. The van der Waals surface area contributed by atoms with Gasteiger partial charge < -0.3 is 4.90 Å². The van der Waals surface area contributed by atoms with Gasteiger partial charge in [-0.15, -0.1) is 0 Å². The molecule has 3 heterocycles. The number of allylic oxidation sites excluding steroid dienone is 1. The molecule has 5 nitrogen and oxygen atoms in total. The van der Waals surface area contributed by atoms with Crippen LogP contribution in [-0.4, -0.2) is 55.6 Å². The maximum absolute atomic E-state index is 12.5. The minimum atomic E-state index is -3.08. The number of rotatable bonds is 3. The Hall–Kier alpha value is -1.66. The molecule has 1 atom stereocenters. The largest absolute Gasteiger partial charge is 0.343 e. The first-order valence-corrected chi connectivity index (χ1v) is 11.2. The molecule has 0 aromatic heterocycles. The molecule has 3 aliphatic heterocycles. The number of amides is 1. The lowest BCUT2D eigenvalue weighted by Gasteiger charge is -2.40. The average Bonchev–Trinajstić information content (AvgIpc) is 2.99. The number of carbonyl (C=O) groups is 1. The number of piperidine rings is 1. The predicted octanol–water partition coefficient (Wildman–Crippen LogP) is 1.98. The molecule has 0 saturated carbocycles. The van der Waals surface area contributed by atoms with Crippen LogP contribution in [0.5, 0.6) is 0 Å². The van der Waals surface area contributed by atoms with Gasteiger partial charge in [-0.25, -0.2) is 8.42 Å². The van der Waals surface area contributed by atoms with Crippen LogP contribution in [-0.2, 0) is 27.6 Å². The van der Waals surface area contributed by atoms with Gasteiger partial charge in [0.15, 0.2) is 9.84 Å². The van der Waals surface area contributed by atoms with Crippen LogP contribution in [0.3, 0.4) is 0 Å². The van der Waals surface area contributed by atoms with E-state index in [0.29, 0.717) is 12.5 Å². The molecular formula is C20H26N2O3S. The minimum Gasteiger partial charge on any atom is -0.343 e. The molecule has 0 bridgehead atoms. The van der Waals surface area contributed by atoms with Gasteiger partial charge in [0.05, 0.1) is 5.75 Å². The van der Waals surface area contributed by atoms with E-state index in [1.54, 1.807) is 6.08 Å². The number of nitrogens with zero attached hydrogens (tertiary/aromatic N) is 2. The van der Waals surface area contributed by atoms with Gasteiger partial charge in [0.1, 0.15) is 0 Å². The van der Waals surface area contributed by atoms with Gasteiger partial charge in [0.2, 0.25) is 5.91 Å². The summed E-state index contributed by atoms with van der Waals surface area (Å²) >= 11 is 0. The Morgan fingerprint density at radius 3 is 2.50 bits per heavy atom. The van der Waals surface area contributed by atoms with E-state index in [-0.39, 0.29) is 17.6 Å². The van der Waals surface area contributed by atoms with Crippen molar-refractivity contribution in [1.82, 2.24) is 9.80 Å². The molecule has 0 spiro atoms. The van der Waals surface area contributed by atoms with Crippen molar-refractivity contribution in [3.8, 4) is 0 Å². The van der Waals surface area contributed by atoms with Crippen LogP contribution in [0.4, 0.5) is 0 Å². The van der Waals surface area contributed by atoms with Crippen LogP contribution in [0.2, 0.25) is 0 Å². The molecule has 0 aliphatic carbocycles. The maximum atomic E-state index is 12.5. The first-order valence-electron chi connectivity index (χ1n) is 9.50. The Bertz CT molecular complexity index is 810. The second-order valence-electron chi connectivity index (χ2n) is 7.72. The topological polar surface area (TPSA) is 57.7 Å². The molecule has 6 heteroatoms. The van der Waals surface area contributed by atoms with Gasteiger partial charge in [-0.05, 0) is 30.4 Å². The summed E-state index contributed by atoms with van der Waals surface area (Å²) in [6, 6.07) is 9.22. The van der Waals surface area contributed by atoms with Gasteiger partial charge in [-0.2, -0.15) is 0 Å². The highest BCUT2D eigenvalue weighted by Crippen LogP contribution is 2.26. The van der Waals surface area contributed by atoms with E-state index in [1.807, 2.05) is 4.90 Å². The number of benzene rings is 1. The van der Waals surface area contributed by atoms with E-state index in [2.05, 4.69) is 29.2 Å². The van der Waals surface area contributed by atoms with Crippen molar-refractivity contribution in [3.63, 3.8) is 0 Å². The second kappa shape index (κ2) is 7.16. The van der Waals surface area contributed by atoms with Crippen LogP contribution in [0, 0.1) is 5.92 Å². The molecule has 1 aromatic carbocycles. The highest BCUT2D eigenvalue weighted by molar-refractivity contribution is 7.94. The van der Waals surface area contributed by atoms with Crippen LogP contribution >= 0.6 is 0 Å². The Morgan fingerprint density at radius 1 is 1.08 bits per heavy atom. The Morgan fingerprint density at radius 2 is 1.81 bits per heavy atom. The lowest BCUT2D eigenvalue weighted by atomic mass is 9.95. The van der Waals surface area contributed by atoms with E-state index in [1.165, 1.54) is 16.5 Å². The smallest absolute Gasteiger partial charge is 0.223 e. The van der Waals surface area contributed by atoms with Gasteiger partial charge >= 0.3 is 0 Å². The Labute approximate surface area is 155 Å². The standard InChI is InChI=1S/C20H26N2O3S/c23-20(13-16-8-12-26(24,25)15-16)21-10-6-19(7-11-21)22-9-5-17-3-1-2-4-18(17)14-22/h1-4,8,12,16,19H,5-7,9-11,13-15H2/t16-/m0/s1. The molecule has 26 heavy (non-hydrogen) atoms. The first kappa shape index (κ1) is 17.7. The molecule has 0 radical (unpaired) electrons. The number of carbonyl (C=O) groups excluding carboxylic acids is 1. The molecule has 3 aliphatic rings. The van der Waals surface area contributed by atoms with E-state index in [0.717, 1.165) is 45.4 Å². The van der Waals surface area contributed by atoms with Crippen molar-refractivity contribution in [3.05, 3.63) is 46.9 Å². The lowest BCUT2D eigenvalue weighted by Crippen LogP contribution is -2.48. The van der Waals surface area contributed by atoms with E-state index in [4.69, 9.17) is 0 Å². The summed E-state index contributed by atoms with van der Waals surface area (Å²) in [6.07, 6.45) is 5.11. The average molecular weight is 375 g/mol. The molecule has 1 amide bonds. The van der Waals surface area contributed by atoms with Crippen molar-refractivity contribution >= 4 is 15.7 Å². The van der Waals surface area contributed by atoms with Crippen LogP contribution in [0.1, 0.15) is 30.4 Å². The van der Waals surface area contributed by atoms with Gasteiger partial charge in [0, 0.05) is 50.0 Å². The molecule has 140 valence electrons.